The summed E-state index contributed by atoms with van der Waals surface area (Å²) >= 11 is 0. The van der Waals surface area contributed by atoms with E-state index in [1.54, 1.807) is 7.11 Å². The van der Waals surface area contributed by atoms with Gasteiger partial charge in [0.05, 0.1) is 26.4 Å². The monoisotopic (exact) mass is 430 g/mol. The van der Waals surface area contributed by atoms with Gasteiger partial charge in [0.2, 0.25) is 0 Å². The average Bonchev–Trinajstić information content (AvgIpc) is 3.45. The third-order valence-corrected chi connectivity index (χ3v) is 6.62. The summed E-state index contributed by atoms with van der Waals surface area (Å²) < 4.78 is 10.8. The predicted octanol–water partition coefficient (Wildman–Crippen LogP) is 3.60. The first-order valence-corrected chi connectivity index (χ1v) is 12.1. The molecule has 2 N–H and O–H groups in total. The summed E-state index contributed by atoms with van der Waals surface area (Å²) in [5, 5.41) is 7.50. The molecule has 0 radical (unpaired) electrons. The topological polar surface area (TPSA) is 58.1 Å². The molecule has 1 saturated heterocycles. The SMILES string of the molecule is CCNC(=NCC1(NC(C)c2ccccc2)CCCC1)N1CCC(COCCOC)C1. The number of benzene rings is 1. The minimum atomic E-state index is 0.0956. The minimum Gasteiger partial charge on any atom is -0.382 e. The van der Waals surface area contributed by atoms with Gasteiger partial charge in [-0.15, -0.1) is 0 Å². The molecule has 1 heterocycles. The number of ether oxygens (including phenoxy) is 2. The lowest BCUT2D eigenvalue weighted by molar-refractivity contribution is 0.0536. The van der Waals surface area contributed by atoms with E-state index in [1.807, 2.05) is 0 Å². The first-order chi connectivity index (χ1) is 15.2. The zero-order chi connectivity index (χ0) is 21.9. The Kier molecular flexibility index (Phi) is 9.62. The van der Waals surface area contributed by atoms with Crippen molar-refractivity contribution in [2.75, 3.05) is 53.1 Å². The lowest BCUT2D eigenvalue weighted by Gasteiger charge is -2.33. The van der Waals surface area contributed by atoms with E-state index < -0.39 is 0 Å². The van der Waals surface area contributed by atoms with Crippen molar-refractivity contribution < 1.29 is 9.47 Å². The van der Waals surface area contributed by atoms with Crippen LogP contribution in [0.3, 0.4) is 0 Å². The Morgan fingerprint density at radius 2 is 2.00 bits per heavy atom. The number of nitrogens with one attached hydrogen (secondary N) is 2. The first-order valence-electron chi connectivity index (χ1n) is 12.1. The zero-order valence-electron chi connectivity index (χ0n) is 19.7. The van der Waals surface area contributed by atoms with Crippen LogP contribution < -0.4 is 10.6 Å². The third kappa shape index (κ3) is 7.19. The summed E-state index contributed by atoms with van der Waals surface area (Å²) in [5.74, 6) is 1.62. The van der Waals surface area contributed by atoms with E-state index in [9.17, 15) is 0 Å². The summed E-state index contributed by atoms with van der Waals surface area (Å²) in [6, 6.07) is 11.1. The fourth-order valence-electron chi connectivity index (χ4n) is 4.89. The maximum Gasteiger partial charge on any atom is 0.193 e. The average molecular weight is 431 g/mol. The third-order valence-electron chi connectivity index (χ3n) is 6.62. The van der Waals surface area contributed by atoms with Crippen LogP contribution in [0.15, 0.2) is 35.3 Å². The molecule has 6 heteroatoms. The van der Waals surface area contributed by atoms with Gasteiger partial charge in [-0.05, 0) is 38.7 Å². The molecule has 2 unspecified atom stereocenters. The van der Waals surface area contributed by atoms with Gasteiger partial charge >= 0.3 is 0 Å². The minimum absolute atomic E-state index is 0.0956. The maximum absolute atomic E-state index is 5.77. The van der Waals surface area contributed by atoms with Crippen LogP contribution in [0.1, 0.15) is 57.6 Å². The Hall–Kier alpha value is -1.63. The molecule has 1 saturated carbocycles. The normalized spacial score (nSPS) is 22.1. The summed E-state index contributed by atoms with van der Waals surface area (Å²) in [6.07, 6.45) is 6.12. The molecule has 31 heavy (non-hydrogen) atoms. The Bertz CT molecular complexity index is 661. The molecule has 0 bridgehead atoms. The van der Waals surface area contributed by atoms with Crippen molar-refractivity contribution in [2.24, 2.45) is 10.9 Å². The zero-order valence-corrected chi connectivity index (χ0v) is 19.7. The number of methoxy groups -OCH3 is 1. The van der Waals surface area contributed by atoms with Crippen LogP contribution in [0.4, 0.5) is 0 Å². The predicted molar refractivity (Wildman–Crippen MR) is 128 cm³/mol. The van der Waals surface area contributed by atoms with E-state index in [1.165, 1.54) is 31.2 Å². The Balaban J connectivity index is 1.59. The molecule has 0 aromatic heterocycles. The van der Waals surface area contributed by atoms with Crippen molar-refractivity contribution in [1.29, 1.82) is 0 Å². The van der Waals surface area contributed by atoms with E-state index in [0.717, 1.165) is 45.2 Å². The molecule has 2 fully saturated rings. The smallest absolute Gasteiger partial charge is 0.193 e. The van der Waals surface area contributed by atoms with Gasteiger partial charge < -0.3 is 25.0 Å². The highest BCUT2D eigenvalue weighted by Gasteiger charge is 2.35. The molecule has 1 aliphatic heterocycles. The molecular formula is C25H42N4O2. The van der Waals surface area contributed by atoms with Crippen LogP contribution in [-0.4, -0.2) is 69.5 Å². The lowest BCUT2D eigenvalue weighted by Crippen LogP contribution is -2.48. The van der Waals surface area contributed by atoms with Crippen LogP contribution in [0.2, 0.25) is 0 Å². The maximum atomic E-state index is 5.77. The van der Waals surface area contributed by atoms with E-state index in [-0.39, 0.29) is 5.54 Å². The summed E-state index contributed by atoms with van der Waals surface area (Å²) in [7, 11) is 1.71. The molecule has 0 amide bonds. The molecule has 174 valence electrons. The lowest BCUT2D eigenvalue weighted by atomic mass is 9.95. The van der Waals surface area contributed by atoms with Gasteiger partial charge in [-0.3, -0.25) is 4.99 Å². The number of hydrogen-bond donors (Lipinski definition) is 2. The van der Waals surface area contributed by atoms with Crippen LogP contribution in [-0.2, 0) is 9.47 Å². The van der Waals surface area contributed by atoms with Gasteiger partial charge in [0.15, 0.2) is 5.96 Å². The molecule has 2 aliphatic rings. The second-order valence-electron chi connectivity index (χ2n) is 9.10. The van der Waals surface area contributed by atoms with Crippen LogP contribution in [0.25, 0.3) is 0 Å². The van der Waals surface area contributed by atoms with Gasteiger partial charge in [-0.25, -0.2) is 0 Å². The van der Waals surface area contributed by atoms with Crippen LogP contribution >= 0.6 is 0 Å². The molecule has 1 aromatic carbocycles. The van der Waals surface area contributed by atoms with Crippen LogP contribution in [0.5, 0.6) is 0 Å². The number of hydrogen-bond acceptors (Lipinski definition) is 4. The summed E-state index contributed by atoms with van der Waals surface area (Å²) in [4.78, 5) is 7.56. The second-order valence-corrected chi connectivity index (χ2v) is 9.10. The number of guanidine groups is 1. The second kappa shape index (κ2) is 12.4. The quantitative estimate of drug-likeness (QED) is 0.319. The van der Waals surface area contributed by atoms with Crippen molar-refractivity contribution in [1.82, 2.24) is 15.5 Å². The highest BCUT2D eigenvalue weighted by Crippen LogP contribution is 2.33. The Labute approximate surface area is 188 Å². The van der Waals surface area contributed by atoms with E-state index in [0.29, 0.717) is 25.2 Å². The van der Waals surface area contributed by atoms with Crippen molar-refractivity contribution >= 4 is 5.96 Å². The Morgan fingerprint density at radius 3 is 2.71 bits per heavy atom. The molecule has 2 atom stereocenters. The molecule has 0 spiro atoms. The molecule has 1 aromatic rings. The van der Waals surface area contributed by atoms with Crippen molar-refractivity contribution in [3.63, 3.8) is 0 Å². The highest BCUT2D eigenvalue weighted by molar-refractivity contribution is 5.80. The summed E-state index contributed by atoms with van der Waals surface area (Å²) in [6.45, 7) is 10.4. The number of rotatable bonds is 11. The molecule has 3 rings (SSSR count). The fourth-order valence-corrected chi connectivity index (χ4v) is 4.89. The van der Waals surface area contributed by atoms with Gasteiger partial charge in [0.1, 0.15) is 0 Å². The van der Waals surface area contributed by atoms with Gasteiger partial charge in [-0.1, -0.05) is 43.2 Å². The van der Waals surface area contributed by atoms with E-state index in [4.69, 9.17) is 14.5 Å². The van der Waals surface area contributed by atoms with Gasteiger partial charge in [-0.2, -0.15) is 0 Å². The van der Waals surface area contributed by atoms with Gasteiger partial charge in [0, 0.05) is 44.2 Å². The van der Waals surface area contributed by atoms with Crippen molar-refractivity contribution in [3.05, 3.63) is 35.9 Å². The van der Waals surface area contributed by atoms with E-state index >= 15 is 0 Å². The Morgan fingerprint density at radius 1 is 1.23 bits per heavy atom. The first kappa shape index (κ1) is 24.0. The van der Waals surface area contributed by atoms with Crippen LogP contribution in [0, 0.1) is 5.92 Å². The largest absolute Gasteiger partial charge is 0.382 e. The van der Waals surface area contributed by atoms with Gasteiger partial charge in [0.25, 0.3) is 0 Å². The number of aliphatic imine (C=N–C) groups is 1. The van der Waals surface area contributed by atoms with Crippen molar-refractivity contribution in [3.8, 4) is 0 Å². The van der Waals surface area contributed by atoms with Crippen molar-refractivity contribution in [2.45, 2.75) is 57.5 Å². The standard InChI is InChI=1S/C25H42N4O2/c1-4-26-24(29-15-12-22(18-29)19-31-17-16-30-3)27-20-25(13-8-9-14-25)28-21(2)23-10-6-5-7-11-23/h5-7,10-11,21-22,28H,4,8-9,12-20H2,1-3H3,(H,26,27). The molecule has 1 aliphatic carbocycles. The van der Waals surface area contributed by atoms with E-state index in [2.05, 4.69) is 59.7 Å². The molecule has 6 nitrogen and oxygen atoms in total. The summed E-state index contributed by atoms with van der Waals surface area (Å²) in [5.41, 5.74) is 1.44. The number of nitrogens with zero attached hydrogens (tertiary/aromatic N) is 2. The molecular weight excluding hydrogens is 388 g/mol. The number of likely N-dealkylation sites (tertiary alicyclic amines) is 1. The highest BCUT2D eigenvalue weighted by atomic mass is 16.5. The fraction of sp³-hybridized carbons (Fsp3) is 0.720.